The summed E-state index contributed by atoms with van der Waals surface area (Å²) in [5, 5.41) is 10.3. The fraction of sp³-hybridized carbons (Fsp3) is 0.308. The zero-order valence-electron chi connectivity index (χ0n) is 9.40. The van der Waals surface area contributed by atoms with Gasteiger partial charge in [-0.1, -0.05) is 12.1 Å². The van der Waals surface area contributed by atoms with Crippen molar-refractivity contribution >= 4 is 10.9 Å². The third kappa shape index (κ3) is 1.58. The molecule has 16 heavy (non-hydrogen) atoms. The second-order valence-electron chi connectivity index (χ2n) is 3.79. The number of para-hydroxylation sites is 1. The van der Waals surface area contributed by atoms with Gasteiger partial charge in [-0.3, -0.25) is 0 Å². The predicted molar refractivity (Wildman–Crippen MR) is 65.1 cm³/mol. The van der Waals surface area contributed by atoms with Gasteiger partial charge < -0.3 is 10.3 Å². The number of nitrogens with two attached hydrogens (primary N) is 1. The molecule has 0 amide bonds. The van der Waals surface area contributed by atoms with Crippen LogP contribution >= 0.6 is 0 Å². The van der Waals surface area contributed by atoms with E-state index in [0.29, 0.717) is 6.54 Å². The van der Waals surface area contributed by atoms with E-state index >= 15 is 0 Å². The number of aryl methyl sites for hydroxylation is 1. The van der Waals surface area contributed by atoms with Crippen molar-refractivity contribution in [2.24, 2.45) is 5.73 Å². The highest BCUT2D eigenvalue weighted by molar-refractivity contribution is 5.88. The SMILES string of the molecule is CCn1cc(CCN)c2cccc(C#N)c21. The van der Waals surface area contributed by atoms with E-state index in [2.05, 4.69) is 29.8 Å². The number of fused-ring (bicyclic) bond motifs is 1. The number of nitrogens with zero attached hydrogens (tertiary/aromatic N) is 2. The van der Waals surface area contributed by atoms with E-state index in [1.807, 2.05) is 12.1 Å². The molecule has 0 saturated carbocycles. The van der Waals surface area contributed by atoms with Crippen molar-refractivity contribution in [3.8, 4) is 6.07 Å². The van der Waals surface area contributed by atoms with Crippen molar-refractivity contribution in [2.75, 3.05) is 6.54 Å². The van der Waals surface area contributed by atoms with Crippen molar-refractivity contribution < 1.29 is 0 Å². The summed E-state index contributed by atoms with van der Waals surface area (Å²) in [4.78, 5) is 0. The summed E-state index contributed by atoms with van der Waals surface area (Å²) >= 11 is 0. The summed E-state index contributed by atoms with van der Waals surface area (Å²) in [5.41, 5.74) is 8.61. The summed E-state index contributed by atoms with van der Waals surface area (Å²) in [6.07, 6.45) is 2.97. The highest BCUT2D eigenvalue weighted by Crippen LogP contribution is 2.24. The van der Waals surface area contributed by atoms with Crippen molar-refractivity contribution in [3.05, 3.63) is 35.5 Å². The van der Waals surface area contributed by atoms with Gasteiger partial charge in [0, 0.05) is 18.1 Å². The van der Waals surface area contributed by atoms with Crippen LogP contribution in [0.3, 0.4) is 0 Å². The van der Waals surface area contributed by atoms with E-state index in [1.54, 1.807) is 0 Å². The van der Waals surface area contributed by atoms with Gasteiger partial charge in [0.25, 0.3) is 0 Å². The van der Waals surface area contributed by atoms with E-state index in [9.17, 15) is 0 Å². The third-order valence-electron chi connectivity index (χ3n) is 2.86. The lowest BCUT2D eigenvalue weighted by Gasteiger charge is -2.01. The highest BCUT2D eigenvalue weighted by atomic mass is 14.9. The Morgan fingerprint density at radius 3 is 2.88 bits per heavy atom. The van der Waals surface area contributed by atoms with Crippen molar-refractivity contribution in [3.63, 3.8) is 0 Å². The van der Waals surface area contributed by atoms with Gasteiger partial charge in [-0.2, -0.15) is 5.26 Å². The van der Waals surface area contributed by atoms with Crippen LogP contribution in [0.1, 0.15) is 18.1 Å². The smallest absolute Gasteiger partial charge is 0.101 e. The molecular weight excluding hydrogens is 198 g/mol. The van der Waals surface area contributed by atoms with Crippen LogP contribution in [0.25, 0.3) is 10.9 Å². The van der Waals surface area contributed by atoms with Gasteiger partial charge in [-0.25, -0.2) is 0 Å². The number of rotatable bonds is 3. The first kappa shape index (κ1) is 10.7. The van der Waals surface area contributed by atoms with Gasteiger partial charge in [0.15, 0.2) is 0 Å². The van der Waals surface area contributed by atoms with Crippen LogP contribution < -0.4 is 5.73 Å². The lowest BCUT2D eigenvalue weighted by Crippen LogP contribution is -2.02. The van der Waals surface area contributed by atoms with E-state index < -0.39 is 0 Å². The van der Waals surface area contributed by atoms with Gasteiger partial charge in [0.05, 0.1) is 11.1 Å². The van der Waals surface area contributed by atoms with Crippen molar-refractivity contribution in [2.45, 2.75) is 19.9 Å². The molecule has 82 valence electrons. The Labute approximate surface area is 95.1 Å². The highest BCUT2D eigenvalue weighted by Gasteiger charge is 2.10. The molecule has 0 radical (unpaired) electrons. The number of hydrogen-bond acceptors (Lipinski definition) is 2. The minimum Gasteiger partial charge on any atom is -0.346 e. The van der Waals surface area contributed by atoms with Crippen LogP contribution in [0.5, 0.6) is 0 Å². The summed E-state index contributed by atoms with van der Waals surface area (Å²) in [7, 11) is 0. The van der Waals surface area contributed by atoms with Crippen LogP contribution in [0.4, 0.5) is 0 Å². The van der Waals surface area contributed by atoms with Crippen LogP contribution in [-0.2, 0) is 13.0 Å². The van der Waals surface area contributed by atoms with E-state index in [4.69, 9.17) is 11.0 Å². The van der Waals surface area contributed by atoms with Gasteiger partial charge >= 0.3 is 0 Å². The molecule has 0 bridgehead atoms. The molecule has 0 aliphatic carbocycles. The Kier molecular flexibility index (Phi) is 2.93. The lowest BCUT2D eigenvalue weighted by molar-refractivity contribution is 0.790. The molecule has 2 rings (SSSR count). The largest absolute Gasteiger partial charge is 0.346 e. The van der Waals surface area contributed by atoms with Crippen molar-refractivity contribution in [1.82, 2.24) is 4.57 Å². The topological polar surface area (TPSA) is 54.7 Å². The summed E-state index contributed by atoms with van der Waals surface area (Å²) < 4.78 is 2.12. The quantitative estimate of drug-likeness (QED) is 0.848. The molecule has 0 aliphatic heterocycles. The number of aromatic nitrogens is 1. The minimum atomic E-state index is 0.639. The normalized spacial score (nSPS) is 10.6. The third-order valence-corrected chi connectivity index (χ3v) is 2.86. The molecule has 0 unspecified atom stereocenters. The summed E-state index contributed by atoms with van der Waals surface area (Å²) in [5.74, 6) is 0. The maximum atomic E-state index is 9.11. The summed E-state index contributed by atoms with van der Waals surface area (Å²) in [6, 6.07) is 8.10. The minimum absolute atomic E-state index is 0.639. The molecule has 0 spiro atoms. The fourth-order valence-corrected chi connectivity index (χ4v) is 2.13. The second kappa shape index (κ2) is 4.38. The fourth-order valence-electron chi connectivity index (χ4n) is 2.13. The van der Waals surface area contributed by atoms with E-state index in [1.165, 1.54) is 5.56 Å². The average molecular weight is 213 g/mol. The van der Waals surface area contributed by atoms with Crippen LogP contribution in [0.2, 0.25) is 0 Å². The predicted octanol–water partition coefficient (Wildman–Crippen LogP) is 2.03. The van der Waals surface area contributed by atoms with Gasteiger partial charge in [-0.05, 0) is 31.5 Å². The first-order valence-electron chi connectivity index (χ1n) is 5.52. The first-order valence-corrected chi connectivity index (χ1v) is 5.52. The van der Waals surface area contributed by atoms with Gasteiger partial charge in [0.2, 0.25) is 0 Å². The monoisotopic (exact) mass is 213 g/mol. The van der Waals surface area contributed by atoms with Crippen LogP contribution in [0.15, 0.2) is 24.4 Å². The zero-order valence-corrected chi connectivity index (χ0v) is 9.40. The molecule has 2 aromatic rings. The molecule has 0 fully saturated rings. The second-order valence-corrected chi connectivity index (χ2v) is 3.79. The number of hydrogen-bond donors (Lipinski definition) is 1. The number of nitriles is 1. The maximum Gasteiger partial charge on any atom is 0.101 e. The Morgan fingerprint density at radius 2 is 2.25 bits per heavy atom. The molecule has 3 nitrogen and oxygen atoms in total. The van der Waals surface area contributed by atoms with Crippen LogP contribution in [-0.4, -0.2) is 11.1 Å². The molecule has 3 heteroatoms. The van der Waals surface area contributed by atoms with E-state index in [0.717, 1.165) is 29.4 Å². The Morgan fingerprint density at radius 1 is 1.44 bits per heavy atom. The molecule has 0 saturated heterocycles. The summed E-state index contributed by atoms with van der Waals surface area (Å²) in [6.45, 7) is 3.60. The first-order chi connectivity index (χ1) is 7.81. The maximum absolute atomic E-state index is 9.11. The average Bonchev–Trinajstić information content (AvgIpc) is 2.68. The number of benzene rings is 1. The Bertz CT molecular complexity index is 546. The van der Waals surface area contributed by atoms with E-state index in [-0.39, 0.29) is 0 Å². The van der Waals surface area contributed by atoms with Gasteiger partial charge in [0.1, 0.15) is 6.07 Å². The Hall–Kier alpha value is -1.79. The molecule has 1 aromatic carbocycles. The van der Waals surface area contributed by atoms with Crippen molar-refractivity contribution in [1.29, 1.82) is 5.26 Å². The standard InChI is InChI=1S/C13H15N3/c1-2-16-9-11(6-7-14)12-5-3-4-10(8-15)13(12)16/h3-5,9H,2,6-7,14H2,1H3. The van der Waals surface area contributed by atoms with Gasteiger partial charge in [-0.15, -0.1) is 0 Å². The molecule has 0 atom stereocenters. The molecular formula is C13H15N3. The Balaban J connectivity index is 2.75. The van der Waals surface area contributed by atoms with Crippen LogP contribution in [0, 0.1) is 11.3 Å². The molecule has 1 aromatic heterocycles. The molecule has 2 N–H and O–H groups in total. The lowest BCUT2D eigenvalue weighted by atomic mass is 10.1. The molecule has 1 heterocycles. The molecule has 0 aliphatic rings. The zero-order chi connectivity index (χ0) is 11.5.